The molecule has 0 fully saturated rings. The van der Waals surface area contributed by atoms with Crippen molar-refractivity contribution < 1.29 is 29.6 Å². The van der Waals surface area contributed by atoms with Gasteiger partial charge in [-0.05, 0) is 12.1 Å². The maximum absolute atomic E-state index is 11.0. The highest BCUT2D eigenvalue weighted by atomic mass is 35.5. The number of phenols is 1. The molecule has 1 aromatic rings. The van der Waals surface area contributed by atoms with Gasteiger partial charge in [0, 0.05) is 11.6 Å². The Balaban J connectivity index is 3.21. The van der Waals surface area contributed by atoms with Crippen molar-refractivity contribution >= 4 is 46.5 Å². The number of aromatic hydroxyl groups is 1. The number of nitro groups is 1. The molecule has 0 aliphatic carbocycles. The number of carbonyl (C=O) groups excluding carboxylic acids is 1. The van der Waals surface area contributed by atoms with Crippen molar-refractivity contribution in [2.24, 2.45) is 5.16 Å². The summed E-state index contributed by atoms with van der Waals surface area (Å²) in [5.74, 6) is -3.50. The van der Waals surface area contributed by atoms with Gasteiger partial charge in [-0.25, -0.2) is 9.59 Å². The van der Waals surface area contributed by atoms with E-state index in [1.807, 2.05) is 0 Å². The Bertz CT molecular complexity index is 630. The molecule has 0 saturated carbocycles. The first-order valence-corrected chi connectivity index (χ1v) is 5.89. The molecule has 9 nitrogen and oxygen atoms in total. The van der Waals surface area contributed by atoms with Crippen molar-refractivity contribution in [3.8, 4) is 5.75 Å². The molecule has 21 heavy (non-hydrogen) atoms. The van der Waals surface area contributed by atoms with E-state index in [-0.39, 0.29) is 5.56 Å². The number of hydrogen-bond acceptors (Lipinski definition) is 7. The Morgan fingerprint density at radius 3 is 2.48 bits per heavy atom. The fourth-order valence-corrected chi connectivity index (χ4v) is 1.24. The van der Waals surface area contributed by atoms with Gasteiger partial charge in [0.1, 0.15) is 0 Å². The molecule has 2 N–H and O–H groups in total. The van der Waals surface area contributed by atoms with E-state index in [2.05, 4.69) is 9.99 Å². The lowest BCUT2D eigenvalue weighted by Gasteiger charge is -2.03. The van der Waals surface area contributed by atoms with E-state index in [1.54, 1.807) is 0 Å². The molecule has 112 valence electrons. The minimum atomic E-state index is -1.62. The fraction of sp³-hybridized carbons (Fsp3) is 0.100. The quantitative estimate of drug-likeness (QED) is 0.272. The second-order valence-electron chi connectivity index (χ2n) is 3.42. The Morgan fingerprint density at radius 2 is 2.00 bits per heavy atom. The molecule has 0 unspecified atom stereocenters. The summed E-state index contributed by atoms with van der Waals surface area (Å²) in [6.45, 7) is 0. The molecule has 0 bridgehead atoms. The van der Waals surface area contributed by atoms with Gasteiger partial charge in [-0.3, -0.25) is 10.1 Å². The number of alkyl halides is 2. The van der Waals surface area contributed by atoms with Crippen LogP contribution in [0.4, 0.5) is 5.69 Å². The van der Waals surface area contributed by atoms with E-state index in [4.69, 9.17) is 28.3 Å². The number of halogens is 2. The van der Waals surface area contributed by atoms with Crippen molar-refractivity contribution in [1.82, 2.24) is 0 Å². The number of hydrogen-bond donors (Lipinski definition) is 2. The number of phenolic OH excluding ortho intramolecular Hbond substituents is 1. The van der Waals surface area contributed by atoms with Crippen LogP contribution in [0.3, 0.4) is 0 Å². The molecular weight excluding hydrogens is 331 g/mol. The summed E-state index contributed by atoms with van der Waals surface area (Å²) in [4.78, 5) is 34.4. The highest BCUT2D eigenvalue weighted by molar-refractivity contribution is 6.53. The van der Waals surface area contributed by atoms with E-state index < -0.39 is 38.8 Å². The first kappa shape index (κ1) is 16.7. The average Bonchev–Trinajstić information content (AvgIpc) is 2.39. The lowest BCUT2D eigenvalue weighted by atomic mass is 10.1. The van der Waals surface area contributed by atoms with Gasteiger partial charge >= 0.3 is 17.6 Å². The largest absolute Gasteiger partial charge is 0.502 e. The van der Waals surface area contributed by atoms with Crippen LogP contribution in [0.1, 0.15) is 5.56 Å². The van der Waals surface area contributed by atoms with Crippen LogP contribution in [-0.2, 0) is 14.4 Å². The van der Waals surface area contributed by atoms with Crippen LogP contribution in [0, 0.1) is 10.1 Å². The van der Waals surface area contributed by atoms with Crippen LogP contribution in [0.15, 0.2) is 23.4 Å². The molecule has 0 atom stereocenters. The summed E-state index contributed by atoms with van der Waals surface area (Å²) in [6, 6.07) is 2.71. The van der Waals surface area contributed by atoms with Gasteiger partial charge in [0.25, 0.3) is 0 Å². The Kier molecular flexibility index (Phi) is 5.44. The fourth-order valence-electron chi connectivity index (χ4n) is 1.16. The number of carboxylic acids is 1. The third kappa shape index (κ3) is 4.29. The number of benzene rings is 1. The van der Waals surface area contributed by atoms with Gasteiger partial charge in [-0.2, -0.15) is 0 Å². The van der Waals surface area contributed by atoms with Crippen molar-refractivity contribution in [2.45, 2.75) is 4.84 Å². The molecule has 0 aliphatic rings. The van der Waals surface area contributed by atoms with Crippen molar-refractivity contribution in [3.05, 3.63) is 33.9 Å². The third-order valence-electron chi connectivity index (χ3n) is 2.05. The number of carboxylic acid groups (broad SMARTS) is 1. The Morgan fingerprint density at radius 1 is 1.38 bits per heavy atom. The SMILES string of the molecule is O=C(O)/C(=N/OC(=O)C(Cl)Cl)c1ccc(O)c([N+](=O)[O-])c1. The van der Waals surface area contributed by atoms with Crippen molar-refractivity contribution in [1.29, 1.82) is 0 Å². The standard InChI is InChI=1S/C10H6Cl2N2O7/c11-8(12)10(18)21-13-7(9(16)17)4-1-2-6(15)5(3-4)14(19)20/h1-3,8,15H,(H,16,17)/b13-7+. The summed E-state index contributed by atoms with van der Waals surface area (Å²) < 4.78 is 0. The minimum Gasteiger partial charge on any atom is -0.502 e. The van der Waals surface area contributed by atoms with E-state index in [9.17, 15) is 24.8 Å². The zero-order valence-electron chi connectivity index (χ0n) is 9.90. The van der Waals surface area contributed by atoms with Gasteiger partial charge in [0.15, 0.2) is 11.5 Å². The maximum atomic E-state index is 11.0. The molecule has 1 rings (SSSR count). The second kappa shape index (κ2) is 6.86. The maximum Gasteiger partial charge on any atom is 0.367 e. The zero-order valence-corrected chi connectivity index (χ0v) is 11.4. The Labute approximate surface area is 126 Å². The first-order valence-electron chi connectivity index (χ1n) is 5.02. The Hall–Kier alpha value is -2.39. The molecule has 11 heteroatoms. The zero-order chi connectivity index (χ0) is 16.2. The van der Waals surface area contributed by atoms with Crippen LogP contribution >= 0.6 is 23.2 Å². The van der Waals surface area contributed by atoms with Crippen LogP contribution < -0.4 is 0 Å². The molecule has 0 amide bonds. The number of aliphatic carboxylic acids is 1. The topological polar surface area (TPSA) is 139 Å². The van der Waals surface area contributed by atoms with Gasteiger partial charge in [-0.15, -0.1) is 0 Å². The van der Waals surface area contributed by atoms with Crippen molar-refractivity contribution in [2.75, 3.05) is 0 Å². The molecule has 0 aliphatic heterocycles. The smallest absolute Gasteiger partial charge is 0.367 e. The van der Waals surface area contributed by atoms with Crippen molar-refractivity contribution in [3.63, 3.8) is 0 Å². The molecule has 0 spiro atoms. The number of nitrogens with zero attached hydrogens (tertiary/aromatic N) is 2. The summed E-state index contributed by atoms with van der Waals surface area (Å²) in [7, 11) is 0. The molecule has 0 radical (unpaired) electrons. The summed E-state index contributed by atoms with van der Waals surface area (Å²) in [5.41, 5.74) is -1.80. The number of oxime groups is 1. The number of nitro benzene ring substituents is 1. The molecule has 1 aromatic carbocycles. The predicted molar refractivity (Wildman–Crippen MR) is 70.5 cm³/mol. The van der Waals surface area contributed by atoms with Crippen LogP contribution in [0.25, 0.3) is 0 Å². The predicted octanol–water partition coefficient (Wildman–Crippen LogP) is 1.44. The third-order valence-corrected chi connectivity index (χ3v) is 2.41. The lowest BCUT2D eigenvalue weighted by molar-refractivity contribution is -0.385. The summed E-state index contributed by atoms with van der Waals surface area (Å²) in [5, 5.41) is 31.9. The normalized spacial score (nSPS) is 11.3. The lowest BCUT2D eigenvalue weighted by Crippen LogP contribution is -2.18. The van der Waals surface area contributed by atoms with Gasteiger partial charge in [0.05, 0.1) is 4.92 Å². The van der Waals surface area contributed by atoms with E-state index in [0.717, 1.165) is 18.2 Å². The van der Waals surface area contributed by atoms with Gasteiger partial charge in [0.2, 0.25) is 4.84 Å². The summed E-state index contributed by atoms with van der Waals surface area (Å²) in [6.07, 6.45) is 0. The van der Waals surface area contributed by atoms with E-state index in [0.29, 0.717) is 0 Å². The van der Waals surface area contributed by atoms with Gasteiger partial charge in [-0.1, -0.05) is 28.4 Å². The van der Waals surface area contributed by atoms with Crippen LogP contribution in [-0.4, -0.2) is 37.6 Å². The van der Waals surface area contributed by atoms with Gasteiger partial charge < -0.3 is 15.1 Å². The number of carbonyl (C=O) groups is 2. The average molecular weight is 337 g/mol. The second-order valence-corrected chi connectivity index (χ2v) is 4.51. The number of rotatable bonds is 5. The molecular formula is C10H6Cl2N2O7. The molecule has 0 aromatic heterocycles. The van der Waals surface area contributed by atoms with Crippen LogP contribution in [0.5, 0.6) is 5.75 Å². The first-order chi connectivity index (χ1) is 9.73. The highest BCUT2D eigenvalue weighted by Gasteiger charge is 2.22. The van der Waals surface area contributed by atoms with E-state index in [1.165, 1.54) is 0 Å². The van der Waals surface area contributed by atoms with E-state index >= 15 is 0 Å². The highest BCUT2D eigenvalue weighted by Crippen LogP contribution is 2.26. The molecule has 0 heterocycles. The van der Waals surface area contributed by atoms with Crippen LogP contribution in [0.2, 0.25) is 0 Å². The monoisotopic (exact) mass is 336 g/mol. The molecule has 0 saturated heterocycles. The summed E-state index contributed by atoms with van der Waals surface area (Å²) >= 11 is 10.4. The minimum absolute atomic E-state index is 0.263.